The van der Waals surface area contributed by atoms with Crippen molar-refractivity contribution in [3.8, 4) is 5.75 Å². The minimum absolute atomic E-state index is 0.410. The summed E-state index contributed by atoms with van der Waals surface area (Å²) in [5.41, 5.74) is 5.70. The maximum absolute atomic E-state index is 5.70. The third-order valence-corrected chi connectivity index (χ3v) is 2.82. The van der Waals surface area contributed by atoms with Crippen LogP contribution in [0.25, 0.3) is 0 Å². The van der Waals surface area contributed by atoms with E-state index < -0.39 is 0 Å². The highest BCUT2D eigenvalue weighted by Crippen LogP contribution is 2.35. The maximum atomic E-state index is 5.70. The van der Waals surface area contributed by atoms with E-state index in [2.05, 4.69) is 19.8 Å². The van der Waals surface area contributed by atoms with E-state index in [4.69, 9.17) is 10.5 Å². The summed E-state index contributed by atoms with van der Waals surface area (Å²) in [4.78, 5) is 4.11. The second kappa shape index (κ2) is 5.00. The van der Waals surface area contributed by atoms with Crippen molar-refractivity contribution in [2.24, 2.45) is 7.05 Å². The van der Waals surface area contributed by atoms with E-state index in [9.17, 15) is 0 Å². The van der Waals surface area contributed by atoms with Crippen LogP contribution >= 0.6 is 11.5 Å². The summed E-state index contributed by atoms with van der Waals surface area (Å²) < 4.78 is 11.1. The van der Waals surface area contributed by atoms with Crippen molar-refractivity contribution in [2.45, 2.75) is 13.5 Å². The van der Waals surface area contributed by atoms with Crippen LogP contribution in [0.4, 0.5) is 10.8 Å². The summed E-state index contributed by atoms with van der Waals surface area (Å²) in [6.07, 6.45) is 1.65. The largest absolute Gasteiger partial charge is 0.487 e. The van der Waals surface area contributed by atoms with Crippen molar-refractivity contribution in [1.29, 1.82) is 0 Å². The quantitative estimate of drug-likeness (QED) is 0.822. The van der Waals surface area contributed by atoms with Gasteiger partial charge in [-0.25, -0.2) is 4.98 Å². The maximum Gasteiger partial charge on any atom is 0.197 e. The van der Waals surface area contributed by atoms with Crippen molar-refractivity contribution in [1.82, 2.24) is 19.1 Å². The number of ether oxygens (including phenoxy) is 1. The summed E-state index contributed by atoms with van der Waals surface area (Å²) >= 11 is 1.27. The molecule has 3 N–H and O–H groups in total. The van der Waals surface area contributed by atoms with Gasteiger partial charge in [0.05, 0.1) is 13.2 Å². The molecule has 0 fully saturated rings. The van der Waals surface area contributed by atoms with Gasteiger partial charge in [0.2, 0.25) is 0 Å². The number of nitrogen functional groups attached to an aromatic ring is 1. The molecule has 0 atom stereocenters. The molecule has 2 heterocycles. The molecule has 0 amide bonds. The van der Waals surface area contributed by atoms with Gasteiger partial charge in [-0.2, -0.15) is 9.47 Å². The molecule has 7 nitrogen and oxygen atoms in total. The number of hydrogen-bond acceptors (Lipinski definition) is 7. The smallest absolute Gasteiger partial charge is 0.197 e. The monoisotopic (exact) mass is 254 g/mol. The first-order chi connectivity index (χ1) is 8.20. The Bertz CT molecular complexity index is 493. The Kier molecular flexibility index (Phi) is 3.43. The first-order valence-electron chi connectivity index (χ1n) is 5.17. The molecule has 0 bridgehead atoms. The predicted molar refractivity (Wildman–Crippen MR) is 66.0 cm³/mol. The Labute approximate surface area is 103 Å². The highest BCUT2D eigenvalue weighted by Gasteiger charge is 2.12. The average molecular weight is 254 g/mol. The normalized spacial score (nSPS) is 10.5. The molecule has 8 heteroatoms. The van der Waals surface area contributed by atoms with Crippen LogP contribution in [-0.4, -0.2) is 25.7 Å². The molecule has 2 rings (SSSR count). The summed E-state index contributed by atoms with van der Waals surface area (Å²) in [7, 11) is 1.83. The molecule has 0 spiro atoms. The average Bonchev–Trinajstić information content (AvgIpc) is 2.86. The fourth-order valence-electron chi connectivity index (χ4n) is 1.31. The van der Waals surface area contributed by atoms with Crippen LogP contribution in [0.1, 0.15) is 12.7 Å². The molecule has 0 saturated carbocycles. The lowest BCUT2D eigenvalue weighted by Crippen LogP contribution is -2.03. The molecule has 0 radical (unpaired) electrons. The number of aryl methyl sites for hydroxylation is 1. The van der Waals surface area contributed by atoms with Gasteiger partial charge in [-0.1, -0.05) is 0 Å². The van der Waals surface area contributed by atoms with Crippen LogP contribution in [0.15, 0.2) is 6.33 Å². The van der Waals surface area contributed by atoms with E-state index in [0.29, 0.717) is 30.5 Å². The van der Waals surface area contributed by atoms with Crippen LogP contribution in [0.5, 0.6) is 5.75 Å². The lowest BCUT2D eigenvalue weighted by Gasteiger charge is -2.05. The van der Waals surface area contributed by atoms with Gasteiger partial charge in [-0.3, -0.25) is 4.68 Å². The minimum atomic E-state index is 0.410. The molecule has 0 unspecified atom stereocenters. The van der Waals surface area contributed by atoms with Gasteiger partial charge in [0.15, 0.2) is 22.4 Å². The van der Waals surface area contributed by atoms with Crippen molar-refractivity contribution in [3.05, 3.63) is 12.2 Å². The van der Waals surface area contributed by atoms with E-state index >= 15 is 0 Å². The van der Waals surface area contributed by atoms with Crippen molar-refractivity contribution in [2.75, 3.05) is 17.7 Å². The van der Waals surface area contributed by atoms with Crippen LogP contribution in [-0.2, 0) is 13.6 Å². The Balaban J connectivity index is 2.03. The SMILES string of the molecule is CCOc1c(N)nsc1NCc1ncn(C)n1. The molecular formula is C9H14N6OS. The molecular weight excluding hydrogens is 240 g/mol. The first kappa shape index (κ1) is 11.6. The lowest BCUT2D eigenvalue weighted by molar-refractivity contribution is 0.344. The van der Waals surface area contributed by atoms with Crippen molar-refractivity contribution in [3.63, 3.8) is 0 Å². The molecule has 0 aromatic carbocycles. The van der Waals surface area contributed by atoms with Crippen molar-refractivity contribution >= 4 is 22.4 Å². The lowest BCUT2D eigenvalue weighted by atomic mass is 10.5. The zero-order valence-electron chi connectivity index (χ0n) is 9.67. The van der Waals surface area contributed by atoms with Gasteiger partial charge < -0.3 is 15.8 Å². The highest BCUT2D eigenvalue weighted by molar-refractivity contribution is 7.11. The molecule has 0 aliphatic carbocycles. The van der Waals surface area contributed by atoms with Gasteiger partial charge in [0.25, 0.3) is 0 Å². The topological polar surface area (TPSA) is 90.9 Å². The number of nitrogens with two attached hydrogens (primary N) is 1. The van der Waals surface area contributed by atoms with E-state index in [-0.39, 0.29) is 0 Å². The molecule has 0 saturated heterocycles. The second-order valence-corrected chi connectivity index (χ2v) is 4.12. The standard InChI is InChI=1S/C9H14N6OS/c1-3-16-7-8(10)14-17-9(7)11-4-6-12-5-15(2)13-6/h5,11H,3-4H2,1-2H3,(H2,10,14). The molecule has 0 aliphatic heterocycles. The van der Waals surface area contributed by atoms with Gasteiger partial charge >= 0.3 is 0 Å². The fraction of sp³-hybridized carbons (Fsp3) is 0.444. The van der Waals surface area contributed by atoms with E-state index in [1.54, 1.807) is 11.0 Å². The predicted octanol–water partition coefficient (Wildman–Crippen LogP) is 0.865. The van der Waals surface area contributed by atoms with Crippen LogP contribution in [0, 0.1) is 0 Å². The third-order valence-electron chi connectivity index (χ3n) is 2.02. The summed E-state index contributed by atoms with van der Waals surface area (Å²) in [5.74, 6) is 1.73. The molecule has 2 aromatic rings. The van der Waals surface area contributed by atoms with E-state index in [0.717, 1.165) is 5.00 Å². The van der Waals surface area contributed by atoms with Crippen LogP contribution in [0.3, 0.4) is 0 Å². The molecule has 92 valence electrons. The number of anilines is 2. The Morgan fingerprint density at radius 3 is 3.06 bits per heavy atom. The fourth-order valence-corrected chi connectivity index (χ4v) is 1.97. The Hall–Kier alpha value is -1.83. The van der Waals surface area contributed by atoms with Gasteiger partial charge in [-0.05, 0) is 18.5 Å². The first-order valence-corrected chi connectivity index (χ1v) is 5.94. The number of nitrogens with zero attached hydrogens (tertiary/aromatic N) is 4. The number of aromatic nitrogens is 4. The number of rotatable bonds is 5. The highest BCUT2D eigenvalue weighted by atomic mass is 32.1. The zero-order valence-corrected chi connectivity index (χ0v) is 10.5. The second-order valence-electron chi connectivity index (χ2n) is 3.35. The number of hydrogen-bond donors (Lipinski definition) is 2. The van der Waals surface area contributed by atoms with Gasteiger partial charge in [0, 0.05) is 7.05 Å². The van der Waals surface area contributed by atoms with Gasteiger partial charge in [0.1, 0.15) is 6.33 Å². The van der Waals surface area contributed by atoms with E-state index in [1.807, 2.05) is 14.0 Å². The third kappa shape index (κ3) is 2.64. The van der Waals surface area contributed by atoms with E-state index in [1.165, 1.54) is 11.5 Å². The summed E-state index contributed by atoms with van der Waals surface area (Å²) in [6, 6.07) is 0. The summed E-state index contributed by atoms with van der Waals surface area (Å²) in [5, 5.41) is 8.13. The van der Waals surface area contributed by atoms with Gasteiger partial charge in [-0.15, -0.1) is 0 Å². The molecule has 17 heavy (non-hydrogen) atoms. The zero-order chi connectivity index (χ0) is 12.3. The van der Waals surface area contributed by atoms with Crippen LogP contribution < -0.4 is 15.8 Å². The minimum Gasteiger partial charge on any atom is -0.487 e. The molecule has 2 aromatic heterocycles. The van der Waals surface area contributed by atoms with Crippen molar-refractivity contribution < 1.29 is 4.74 Å². The Morgan fingerprint density at radius 2 is 2.41 bits per heavy atom. The summed E-state index contributed by atoms with van der Waals surface area (Å²) in [6.45, 7) is 2.98. The molecule has 0 aliphatic rings. The number of nitrogens with one attached hydrogen (secondary N) is 1. The Morgan fingerprint density at radius 1 is 1.59 bits per heavy atom. The van der Waals surface area contributed by atoms with Crippen LogP contribution in [0.2, 0.25) is 0 Å².